The molecule has 0 spiro atoms. The standard InChI is InChI=1S/C21H18FN3O2/c1-2-13-9-10-17(20(26)18(13)22)19-15-7-3-4-8-16(15)21(25-24-19)23-14-6-5-11-27-12-14/h1,3-4,7-10,14,26H,5-6,11-12H2,(H,23,25). The fraction of sp³-hybridized carbons (Fsp3) is 0.238. The minimum Gasteiger partial charge on any atom is -0.504 e. The van der Waals surface area contributed by atoms with E-state index in [0.717, 1.165) is 30.2 Å². The van der Waals surface area contributed by atoms with Gasteiger partial charge in [-0.2, -0.15) is 0 Å². The Kier molecular flexibility index (Phi) is 4.61. The minimum absolute atomic E-state index is 0.00380. The molecule has 3 aromatic rings. The molecule has 0 saturated carbocycles. The largest absolute Gasteiger partial charge is 0.504 e. The van der Waals surface area contributed by atoms with Gasteiger partial charge in [0, 0.05) is 22.9 Å². The summed E-state index contributed by atoms with van der Waals surface area (Å²) in [6, 6.07) is 10.7. The van der Waals surface area contributed by atoms with Crippen molar-refractivity contribution in [3.63, 3.8) is 0 Å². The maximum absolute atomic E-state index is 14.3. The third-order valence-electron chi connectivity index (χ3n) is 4.72. The van der Waals surface area contributed by atoms with Gasteiger partial charge in [-0.15, -0.1) is 16.6 Å². The highest BCUT2D eigenvalue weighted by molar-refractivity contribution is 6.01. The molecule has 0 radical (unpaired) electrons. The summed E-state index contributed by atoms with van der Waals surface area (Å²) in [5.41, 5.74) is 0.655. The average molecular weight is 363 g/mol. The van der Waals surface area contributed by atoms with E-state index in [1.54, 1.807) is 6.07 Å². The second-order valence-corrected chi connectivity index (χ2v) is 6.47. The minimum atomic E-state index is -0.831. The van der Waals surface area contributed by atoms with Crippen molar-refractivity contribution >= 4 is 16.6 Å². The van der Waals surface area contributed by atoms with Gasteiger partial charge in [-0.1, -0.05) is 30.2 Å². The molecule has 0 bridgehead atoms. The fourth-order valence-corrected chi connectivity index (χ4v) is 3.32. The van der Waals surface area contributed by atoms with Crippen molar-refractivity contribution in [3.8, 4) is 29.4 Å². The molecule has 5 nitrogen and oxygen atoms in total. The Bertz CT molecular complexity index is 1040. The summed E-state index contributed by atoms with van der Waals surface area (Å²) < 4.78 is 19.8. The van der Waals surface area contributed by atoms with Gasteiger partial charge in [0.2, 0.25) is 0 Å². The summed E-state index contributed by atoms with van der Waals surface area (Å²) >= 11 is 0. The van der Waals surface area contributed by atoms with Crippen LogP contribution in [0.25, 0.3) is 22.0 Å². The van der Waals surface area contributed by atoms with Crippen LogP contribution >= 0.6 is 0 Å². The number of terminal acetylenes is 1. The molecule has 1 aliphatic rings. The summed E-state index contributed by atoms with van der Waals surface area (Å²) in [4.78, 5) is 0. The summed E-state index contributed by atoms with van der Waals surface area (Å²) in [5.74, 6) is 1.50. The Morgan fingerprint density at radius 2 is 2.00 bits per heavy atom. The third-order valence-corrected chi connectivity index (χ3v) is 4.72. The quantitative estimate of drug-likeness (QED) is 0.695. The molecule has 2 N–H and O–H groups in total. The van der Waals surface area contributed by atoms with Crippen LogP contribution < -0.4 is 5.32 Å². The first-order valence-electron chi connectivity index (χ1n) is 8.77. The van der Waals surface area contributed by atoms with Crippen LogP contribution in [-0.2, 0) is 4.74 Å². The highest BCUT2D eigenvalue weighted by Crippen LogP contribution is 2.37. The van der Waals surface area contributed by atoms with Gasteiger partial charge in [0.15, 0.2) is 17.4 Å². The van der Waals surface area contributed by atoms with Crippen LogP contribution in [0.2, 0.25) is 0 Å². The van der Waals surface area contributed by atoms with Crippen molar-refractivity contribution in [2.75, 3.05) is 18.5 Å². The number of ether oxygens (including phenoxy) is 1. The highest BCUT2D eigenvalue weighted by Gasteiger charge is 2.20. The van der Waals surface area contributed by atoms with Crippen molar-refractivity contribution in [2.24, 2.45) is 0 Å². The van der Waals surface area contributed by atoms with E-state index in [4.69, 9.17) is 11.2 Å². The Labute approximate surface area is 156 Å². The number of halogens is 1. The maximum atomic E-state index is 14.3. The summed E-state index contributed by atoms with van der Waals surface area (Å²) in [6.07, 6.45) is 7.25. The number of aromatic hydroxyl groups is 1. The lowest BCUT2D eigenvalue weighted by molar-refractivity contribution is 0.0875. The highest BCUT2D eigenvalue weighted by atomic mass is 19.1. The van der Waals surface area contributed by atoms with E-state index in [-0.39, 0.29) is 17.2 Å². The number of aromatic nitrogens is 2. The Hall–Kier alpha value is -3.17. The van der Waals surface area contributed by atoms with Gasteiger partial charge >= 0.3 is 0 Å². The van der Waals surface area contributed by atoms with Crippen molar-refractivity contribution < 1.29 is 14.2 Å². The number of nitrogens with zero attached hydrogens (tertiary/aromatic N) is 2. The van der Waals surface area contributed by atoms with Gasteiger partial charge in [-0.05, 0) is 25.0 Å². The maximum Gasteiger partial charge on any atom is 0.181 e. The van der Waals surface area contributed by atoms with Crippen molar-refractivity contribution in [3.05, 3.63) is 47.8 Å². The van der Waals surface area contributed by atoms with Crippen molar-refractivity contribution in [2.45, 2.75) is 18.9 Å². The molecule has 27 heavy (non-hydrogen) atoms. The van der Waals surface area contributed by atoms with E-state index in [2.05, 4.69) is 21.4 Å². The molecule has 0 amide bonds. The number of anilines is 1. The topological polar surface area (TPSA) is 67.3 Å². The normalized spacial score (nSPS) is 16.8. The molecule has 2 aromatic carbocycles. The van der Waals surface area contributed by atoms with E-state index in [1.165, 1.54) is 6.07 Å². The number of hydrogen-bond donors (Lipinski definition) is 2. The fourth-order valence-electron chi connectivity index (χ4n) is 3.32. The average Bonchev–Trinajstić information content (AvgIpc) is 2.71. The molecule has 1 unspecified atom stereocenters. The second-order valence-electron chi connectivity index (χ2n) is 6.47. The molecule has 4 rings (SSSR count). The third kappa shape index (κ3) is 3.18. The van der Waals surface area contributed by atoms with Gasteiger partial charge in [-0.3, -0.25) is 0 Å². The molecule has 1 atom stereocenters. The van der Waals surface area contributed by atoms with Gasteiger partial charge < -0.3 is 15.2 Å². The van der Waals surface area contributed by atoms with Gasteiger partial charge in [-0.25, -0.2) is 4.39 Å². The number of nitrogens with one attached hydrogen (secondary N) is 1. The lowest BCUT2D eigenvalue weighted by atomic mass is 10.0. The molecule has 136 valence electrons. The number of phenols is 1. The van der Waals surface area contributed by atoms with E-state index >= 15 is 0 Å². The summed E-state index contributed by atoms with van der Waals surface area (Å²) in [5, 5.41) is 23.8. The first-order valence-corrected chi connectivity index (χ1v) is 8.77. The Morgan fingerprint density at radius 3 is 2.74 bits per heavy atom. The van der Waals surface area contributed by atoms with E-state index in [1.807, 2.05) is 24.3 Å². The summed E-state index contributed by atoms with van der Waals surface area (Å²) in [6.45, 7) is 1.40. The van der Waals surface area contributed by atoms with Gasteiger partial charge in [0.1, 0.15) is 5.69 Å². The molecule has 1 aliphatic heterocycles. The number of rotatable bonds is 3. The molecule has 2 heterocycles. The lowest BCUT2D eigenvalue weighted by Gasteiger charge is -2.24. The summed E-state index contributed by atoms with van der Waals surface area (Å²) in [7, 11) is 0. The molecule has 0 aliphatic carbocycles. The smallest absolute Gasteiger partial charge is 0.181 e. The molecule has 1 aromatic heterocycles. The zero-order valence-corrected chi connectivity index (χ0v) is 14.6. The molecule has 1 saturated heterocycles. The first-order chi connectivity index (χ1) is 13.2. The van der Waals surface area contributed by atoms with Crippen LogP contribution in [0.3, 0.4) is 0 Å². The molecular weight excluding hydrogens is 345 g/mol. The van der Waals surface area contributed by atoms with Crippen LogP contribution in [0, 0.1) is 18.2 Å². The zero-order valence-electron chi connectivity index (χ0n) is 14.6. The van der Waals surface area contributed by atoms with Crippen LogP contribution in [0.5, 0.6) is 5.75 Å². The second kappa shape index (κ2) is 7.22. The number of phenolic OH excluding ortho intramolecular Hbond substituents is 1. The van der Waals surface area contributed by atoms with Gasteiger partial charge in [0.05, 0.1) is 18.2 Å². The zero-order chi connectivity index (χ0) is 18.8. The molecule has 1 fully saturated rings. The number of hydrogen-bond acceptors (Lipinski definition) is 5. The van der Waals surface area contributed by atoms with Crippen molar-refractivity contribution in [1.29, 1.82) is 0 Å². The molecular formula is C21H18FN3O2. The van der Waals surface area contributed by atoms with E-state index < -0.39 is 11.6 Å². The SMILES string of the molecule is C#Cc1ccc(-c2nnc(NC3CCCOC3)c3ccccc23)c(O)c1F. The van der Waals surface area contributed by atoms with Crippen LogP contribution in [0.15, 0.2) is 36.4 Å². The lowest BCUT2D eigenvalue weighted by Crippen LogP contribution is -2.30. The van der Waals surface area contributed by atoms with Crippen LogP contribution in [0.1, 0.15) is 18.4 Å². The number of benzene rings is 2. The Balaban J connectivity index is 1.81. The van der Waals surface area contributed by atoms with Crippen LogP contribution in [-0.4, -0.2) is 34.6 Å². The Morgan fingerprint density at radius 1 is 1.19 bits per heavy atom. The monoisotopic (exact) mass is 363 g/mol. The first kappa shape index (κ1) is 17.3. The predicted octanol–water partition coefficient (Wildman–Crippen LogP) is 3.71. The van der Waals surface area contributed by atoms with Gasteiger partial charge in [0.25, 0.3) is 0 Å². The van der Waals surface area contributed by atoms with Crippen molar-refractivity contribution in [1.82, 2.24) is 10.2 Å². The molecule has 6 heteroatoms. The number of fused-ring (bicyclic) bond motifs is 1. The van der Waals surface area contributed by atoms with E-state index in [9.17, 15) is 9.50 Å². The van der Waals surface area contributed by atoms with Crippen LogP contribution in [0.4, 0.5) is 10.2 Å². The predicted molar refractivity (Wildman–Crippen MR) is 102 cm³/mol. The van der Waals surface area contributed by atoms with E-state index in [0.29, 0.717) is 18.1 Å².